The molecule has 3 aromatic carbocycles. The second-order valence-electron chi connectivity index (χ2n) is 8.40. The minimum Gasteiger partial charge on any atom is -0.497 e. The fourth-order valence-electron chi connectivity index (χ4n) is 3.81. The highest BCUT2D eigenvalue weighted by atomic mass is 32.2. The standard InChI is InChI=1S/C28H27FN4O3S/c1-18-5-4-6-19(2)27(18)32-26(35)17-37-28-30-15-24(20-7-9-21(29)10-8-20)33(28)16-25(34)31-22-11-13-23(36-3)14-12-22/h4-15H,16-17H2,1-3H3,(H,31,34)(H,32,35). The summed E-state index contributed by atoms with van der Waals surface area (Å²) in [6, 6.07) is 18.8. The number of hydrogen-bond donors (Lipinski definition) is 2. The fraction of sp³-hybridized carbons (Fsp3) is 0.179. The molecule has 0 bridgehead atoms. The molecule has 0 aliphatic rings. The molecule has 2 N–H and O–H groups in total. The molecule has 0 saturated heterocycles. The molecule has 0 fully saturated rings. The Morgan fingerprint density at radius 3 is 2.27 bits per heavy atom. The van der Waals surface area contributed by atoms with Gasteiger partial charge in [-0.2, -0.15) is 0 Å². The minimum absolute atomic E-state index is 0.0421. The van der Waals surface area contributed by atoms with Crippen molar-refractivity contribution < 1.29 is 18.7 Å². The lowest BCUT2D eigenvalue weighted by molar-refractivity contribution is -0.117. The van der Waals surface area contributed by atoms with E-state index in [1.165, 1.54) is 23.9 Å². The molecule has 0 radical (unpaired) electrons. The van der Waals surface area contributed by atoms with Crippen molar-refractivity contribution in [2.24, 2.45) is 0 Å². The maximum absolute atomic E-state index is 13.5. The van der Waals surface area contributed by atoms with E-state index in [-0.39, 0.29) is 29.9 Å². The number of carbonyl (C=O) groups excluding carboxylic acids is 2. The van der Waals surface area contributed by atoms with E-state index in [2.05, 4.69) is 15.6 Å². The molecule has 0 aliphatic heterocycles. The number of aryl methyl sites for hydroxylation is 2. The number of ether oxygens (including phenoxy) is 1. The number of amides is 2. The molecule has 0 spiro atoms. The first-order chi connectivity index (χ1) is 17.8. The Hall–Kier alpha value is -4.11. The van der Waals surface area contributed by atoms with Crippen molar-refractivity contribution in [1.29, 1.82) is 0 Å². The van der Waals surface area contributed by atoms with E-state index in [9.17, 15) is 14.0 Å². The summed E-state index contributed by atoms with van der Waals surface area (Å²) in [5.41, 5.74) is 4.72. The van der Waals surface area contributed by atoms with Crippen LogP contribution in [0.5, 0.6) is 5.75 Å². The third-order valence-electron chi connectivity index (χ3n) is 5.71. The van der Waals surface area contributed by atoms with Gasteiger partial charge in [-0.15, -0.1) is 0 Å². The summed E-state index contributed by atoms with van der Waals surface area (Å²) in [6.07, 6.45) is 1.62. The number of thioether (sulfide) groups is 1. The molecule has 0 aliphatic carbocycles. The number of rotatable bonds is 9. The number of halogens is 1. The lowest BCUT2D eigenvalue weighted by atomic mass is 10.1. The molecule has 2 amide bonds. The predicted molar refractivity (Wildman–Crippen MR) is 145 cm³/mol. The van der Waals surface area contributed by atoms with Crippen LogP contribution in [0.3, 0.4) is 0 Å². The Labute approximate surface area is 219 Å². The van der Waals surface area contributed by atoms with Gasteiger partial charge in [0.25, 0.3) is 0 Å². The van der Waals surface area contributed by atoms with Gasteiger partial charge < -0.3 is 19.9 Å². The van der Waals surface area contributed by atoms with E-state index in [0.29, 0.717) is 27.9 Å². The van der Waals surface area contributed by atoms with Crippen molar-refractivity contribution in [2.45, 2.75) is 25.5 Å². The third kappa shape index (κ3) is 6.56. The first kappa shape index (κ1) is 26.0. The fourth-order valence-corrected chi connectivity index (χ4v) is 4.59. The maximum Gasteiger partial charge on any atom is 0.244 e. The SMILES string of the molecule is COc1ccc(NC(=O)Cn2c(-c3ccc(F)cc3)cnc2SCC(=O)Nc2c(C)cccc2C)cc1. The molecular weight excluding hydrogens is 491 g/mol. The van der Waals surface area contributed by atoms with Crippen LogP contribution in [0.2, 0.25) is 0 Å². The van der Waals surface area contributed by atoms with Gasteiger partial charge in [0.05, 0.1) is 24.8 Å². The van der Waals surface area contributed by atoms with Gasteiger partial charge >= 0.3 is 0 Å². The average Bonchev–Trinajstić information content (AvgIpc) is 3.28. The molecule has 1 heterocycles. The van der Waals surface area contributed by atoms with E-state index in [0.717, 1.165) is 16.8 Å². The molecule has 0 atom stereocenters. The third-order valence-corrected chi connectivity index (χ3v) is 6.70. The van der Waals surface area contributed by atoms with E-state index < -0.39 is 0 Å². The van der Waals surface area contributed by atoms with Crippen molar-refractivity contribution in [2.75, 3.05) is 23.5 Å². The number of imidazole rings is 1. The number of anilines is 2. The number of benzene rings is 3. The summed E-state index contributed by atoms with van der Waals surface area (Å²) in [5, 5.41) is 6.33. The topological polar surface area (TPSA) is 85.2 Å². The first-order valence-electron chi connectivity index (χ1n) is 11.6. The van der Waals surface area contributed by atoms with Crippen LogP contribution in [-0.4, -0.2) is 34.2 Å². The summed E-state index contributed by atoms with van der Waals surface area (Å²) < 4.78 is 20.4. The van der Waals surface area contributed by atoms with E-state index in [1.54, 1.807) is 54.3 Å². The zero-order valence-corrected chi connectivity index (χ0v) is 21.6. The van der Waals surface area contributed by atoms with Gasteiger partial charge in [0, 0.05) is 11.4 Å². The van der Waals surface area contributed by atoms with Gasteiger partial charge in [-0.25, -0.2) is 9.37 Å². The number of carbonyl (C=O) groups is 2. The molecule has 190 valence electrons. The Kier molecular flexibility index (Phi) is 8.25. The number of aromatic nitrogens is 2. The summed E-state index contributed by atoms with van der Waals surface area (Å²) >= 11 is 1.23. The molecule has 7 nitrogen and oxygen atoms in total. The van der Waals surface area contributed by atoms with Gasteiger partial charge in [0.1, 0.15) is 18.1 Å². The number of nitrogens with zero attached hydrogens (tertiary/aromatic N) is 2. The van der Waals surface area contributed by atoms with E-state index >= 15 is 0 Å². The van der Waals surface area contributed by atoms with Crippen LogP contribution in [0.15, 0.2) is 78.1 Å². The number of nitrogens with one attached hydrogen (secondary N) is 2. The zero-order chi connectivity index (χ0) is 26.4. The molecule has 0 saturated carbocycles. The summed E-state index contributed by atoms with van der Waals surface area (Å²) in [4.78, 5) is 30.1. The van der Waals surface area contributed by atoms with Crippen LogP contribution in [0.4, 0.5) is 15.8 Å². The predicted octanol–water partition coefficient (Wildman–Crippen LogP) is 5.68. The Bertz CT molecular complexity index is 1380. The molecule has 0 unspecified atom stereocenters. The minimum atomic E-state index is -0.357. The van der Waals surface area contributed by atoms with Crippen molar-refractivity contribution in [3.05, 3.63) is 89.9 Å². The van der Waals surface area contributed by atoms with Crippen LogP contribution in [-0.2, 0) is 16.1 Å². The molecule has 37 heavy (non-hydrogen) atoms. The number of hydrogen-bond acceptors (Lipinski definition) is 5. The van der Waals surface area contributed by atoms with Crippen molar-refractivity contribution >= 4 is 35.0 Å². The Morgan fingerprint density at radius 1 is 0.946 bits per heavy atom. The van der Waals surface area contributed by atoms with E-state index in [4.69, 9.17) is 4.74 Å². The quantitative estimate of drug-likeness (QED) is 0.278. The lowest BCUT2D eigenvalue weighted by Crippen LogP contribution is -2.20. The summed E-state index contributed by atoms with van der Waals surface area (Å²) in [6.45, 7) is 3.84. The number of methoxy groups -OCH3 is 1. The van der Waals surface area contributed by atoms with Crippen LogP contribution in [0, 0.1) is 19.7 Å². The molecule has 4 aromatic rings. The monoisotopic (exact) mass is 518 g/mol. The smallest absolute Gasteiger partial charge is 0.244 e. The second kappa shape index (κ2) is 11.7. The normalized spacial score (nSPS) is 10.7. The lowest BCUT2D eigenvalue weighted by Gasteiger charge is -2.13. The highest BCUT2D eigenvalue weighted by Gasteiger charge is 2.17. The molecular formula is C28H27FN4O3S. The van der Waals surface area contributed by atoms with Gasteiger partial charge in [0.2, 0.25) is 11.8 Å². The summed E-state index contributed by atoms with van der Waals surface area (Å²) in [5.74, 6) is -0.0153. The number of para-hydroxylation sites is 1. The van der Waals surface area contributed by atoms with Crippen LogP contribution >= 0.6 is 11.8 Å². The van der Waals surface area contributed by atoms with Gasteiger partial charge in [0.15, 0.2) is 5.16 Å². The van der Waals surface area contributed by atoms with Crippen molar-refractivity contribution in [3.63, 3.8) is 0 Å². The zero-order valence-electron chi connectivity index (χ0n) is 20.7. The average molecular weight is 519 g/mol. The van der Waals surface area contributed by atoms with E-state index in [1.807, 2.05) is 32.0 Å². The largest absolute Gasteiger partial charge is 0.497 e. The van der Waals surface area contributed by atoms with Gasteiger partial charge in [-0.3, -0.25) is 9.59 Å². The highest BCUT2D eigenvalue weighted by Crippen LogP contribution is 2.27. The first-order valence-corrected chi connectivity index (χ1v) is 12.6. The summed E-state index contributed by atoms with van der Waals surface area (Å²) in [7, 11) is 1.57. The van der Waals surface area contributed by atoms with Gasteiger partial charge in [-0.05, 0) is 79.1 Å². The van der Waals surface area contributed by atoms with Crippen LogP contribution < -0.4 is 15.4 Å². The maximum atomic E-state index is 13.5. The van der Waals surface area contributed by atoms with Crippen LogP contribution in [0.25, 0.3) is 11.3 Å². The second-order valence-corrected chi connectivity index (χ2v) is 9.34. The van der Waals surface area contributed by atoms with Crippen LogP contribution in [0.1, 0.15) is 11.1 Å². The molecule has 4 rings (SSSR count). The Morgan fingerprint density at radius 2 is 1.62 bits per heavy atom. The Balaban J connectivity index is 1.52. The molecule has 9 heteroatoms. The van der Waals surface area contributed by atoms with Crippen molar-refractivity contribution in [1.82, 2.24) is 9.55 Å². The van der Waals surface area contributed by atoms with Gasteiger partial charge in [-0.1, -0.05) is 30.0 Å². The molecule has 1 aromatic heterocycles. The highest BCUT2D eigenvalue weighted by molar-refractivity contribution is 7.99. The van der Waals surface area contributed by atoms with Crippen molar-refractivity contribution in [3.8, 4) is 17.0 Å².